The van der Waals surface area contributed by atoms with Gasteiger partial charge in [-0.3, -0.25) is 14.2 Å². The largest absolute Gasteiger partial charge is 0.469 e. The number of halogens is 4. The number of carbonyl (C=O) groups excluding carboxylic acids is 2. The fraction of sp³-hybridized carbons (Fsp3) is 0.360. The van der Waals surface area contributed by atoms with Gasteiger partial charge in [-0.15, -0.1) is 5.10 Å². The number of nitrogens with zero attached hydrogens (tertiary/aromatic N) is 3. The van der Waals surface area contributed by atoms with Gasteiger partial charge in [-0.25, -0.2) is 9.48 Å². The Morgan fingerprint density at radius 3 is 2.35 bits per heavy atom. The third-order valence-corrected chi connectivity index (χ3v) is 5.92. The topological polar surface area (TPSA) is 95.2 Å². The quantitative estimate of drug-likeness (QED) is 0.408. The van der Waals surface area contributed by atoms with Crippen LogP contribution in [-0.4, -0.2) is 33.3 Å². The van der Waals surface area contributed by atoms with E-state index in [1.807, 2.05) is 0 Å². The second kappa shape index (κ2) is 11.2. The molecule has 12 heteroatoms. The Hall–Kier alpha value is -3.60. The van der Waals surface area contributed by atoms with E-state index in [0.717, 1.165) is 16.8 Å². The lowest BCUT2D eigenvalue weighted by molar-refractivity contribution is -0.141. The molecule has 2 aromatic carbocycles. The van der Waals surface area contributed by atoms with Crippen molar-refractivity contribution in [3.05, 3.63) is 75.2 Å². The van der Waals surface area contributed by atoms with E-state index in [1.54, 1.807) is 38.1 Å². The summed E-state index contributed by atoms with van der Waals surface area (Å²) in [4.78, 5) is 37.5. The van der Waals surface area contributed by atoms with Gasteiger partial charge < -0.3 is 10.1 Å². The Labute approximate surface area is 216 Å². The fourth-order valence-corrected chi connectivity index (χ4v) is 3.85. The van der Waals surface area contributed by atoms with Gasteiger partial charge in [0.05, 0.1) is 18.2 Å². The molecule has 0 aliphatic carbocycles. The summed E-state index contributed by atoms with van der Waals surface area (Å²) in [6, 6.07) is 11.3. The molecule has 8 nitrogen and oxygen atoms in total. The van der Waals surface area contributed by atoms with E-state index >= 15 is 0 Å². The fourth-order valence-electron chi connectivity index (χ4n) is 3.72. The number of esters is 1. The van der Waals surface area contributed by atoms with E-state index in [4.69, 9.17) is 11.6 Å². The van der Waals surface area contributed by atoms with Gasteiger partial charge in [-0.1, -0.05) is 23.7 Å². The number of hydrogen-bond donors (Lipinski definition) is 1. The Bertz CT molecular complexity index is 1330. The number of amides is 1. The molecular formula is C25H26ClF3N4O4. The normalized spacial score (nSPS) is 11.9. The maximum absolute atomic E-state index is 13.1. The number of benzene rings is 2. The lowest BCUT2D eigenvalue weighted by Crippen LogP contribution is -2.44. The average molecular weight is 539 g/mol. The van der Waals surface area contributed by atoms with E-state index < -0.39 is 41.4 Å². The summed E-state index contributed by atoms with van der Waals surface area (Å²) >= 11 is 5.96. The van der Waals surface area contributed by atoms with E-state index in [9.17, 15) is 27.6 Å². The first-order chi connectivity index (χ1) is 17.3. The Kier molecular flexibility index (Phi) is 8.47. The molecule has 1 aromatic heterocycles. The number of hydrogen-bond acceptors (Lipinski definition) is 5. The van der Waals surface area contributed by atoms with Crippen LogP contribution in [0.3, 0.4) is 0 Å². The number of methoxy groups -OCH3 is 1. The standard InChI is InChI=1S/C25H26ClF3N4O4/c1-24(2,17-6-4-7-18(14-17)25(27,28)29)30-20(34)15-33-23(36)32(13-5-8-21(35)37-3)22(31-33)16-9-11-19(26)12-10-16/h4,6-7,9-12,14H,5,8,13,15H2,1-3H3,(H,30,34). The van der Waals surface area contributed by atoms with Gasteiger partial charge >= 0.3 is 17.8 Å². The number of carbonyl (C=O) groups is 2. The number of rotatable bonds is 9. The summed E-state index contributed by atoms with van der Waals surface area (Å²) in [5.74, 6) is -0.771. The maximum Gasteiger partial charge on any atom is 0.416 e. The molecule has 1 amide bonds. The van der Waals surface area contributed by atoms with Crippen molar-refractivity contribution < 1.29 is 27.5 Å². The van der Waals surface area contributed by atoms with Crippen molar-refractivity contribution in [1.29, 1.82) is 0 Å². The van der Waals surface area contributed by atoms with Crippen LogP contribution in [0.4, 0.5) is 13.2 Å². The third-order valence-electron chi connectivity index (χ3n) is 5.67. The first kappa shape index (κ1) is 28.0. The van der Waals surface area contributed by atoms with Crippen LogP contribution in [0.2, 0.25) is 5.02 Å². The average Bonchev–Trinajstić information content (AvgIpc) is 3.13. The van der Waals surface area contributed by atoms with Crippen molar-refractivity contribution in [3.63, 3.8) is 0 Å². The van der Waals surface area contributed by atoms with Crippen molar-refractivity contribution in [2.75, 3.05) is 7.11 Å². The molecule has 0 unspecified atom stereocenters. The molecule has 1 heterocycles. The van der Waals surface area contributed by atoms with Gasteiger partial charge in [-0.05, 0) is 62.2 Å². The predicted molar refractivity (Wildman–Crippen MR) is 131 cm³/mol. The lowest BCUT2D eigenvalue weighted by atomic mass is 9.92. The van der Waals surface area contributed by atoms with E-state index in [-0.39, 0.29) is 24.4 Å². The van der Waals surface area contributed by atoms with E-state index in [2.05, 4.69) is 15.2 Å². The van der Waals surface area contributed by atoms with Gasteiger partial charge in [-0.2, -0.15) is 13.2 Å². The van der Waals surface area contributed by atoms with Crippen molar-refractivity contribution in [2.45, 2.75) is 51.5 Å². The third kappa shape index (κ3) is 7.00. The summed E-state index contributed by atoms with van der Waals surface area (Å²) in [7, 11) is 1.27. The van der Waals surface area contributed by atoms with Crippen molar-refractivity contribution in [1.82, 2.24) is 19.7 Å². The van der Waals surface area contributed by atoms with Crippen LogP contribution in [-0.2, 0) is 39.1 Å². The minimum Gasteiger partial charge on any atom is -0.469 e. The molecule has 3 rings (SSSR count). The summed E-state index contributed by atoms with van der Waals surface area (Å²) in [5, 5.41) is 7.47. The minimum atomic E-state index is -4.53. The molecular weight excluding hydrogens is 513 g/mol. The molecule has 1 N–H and O–H groups in total. The van der Waals surface area contributed by atoms with Gasteiger partial charge in [0.2, 0.25) is 5.91 Å². The zero-order valence-electron chi connectivity index (χ0n) is 20.4. The highest BCUT2D eigenvalue weighted by Crippen LogP contribution is 2.32. The molecule has 3 aromatic rings. The molecule has 0 aliphatic rings. The van der Waals surface area contributed by atoms with Gasteiger partial charge in [0.25, 0.3) is 0 Å². The second-order valence-electron chi connectivity index (χ2n) is 8.85. The van der Waals surface area contributed by atoms with E-state index in [0.29, 0.717) is 17.0 Å². The molecule has 0 fully saturated rings. The summed E-state index contributed by atoms with van der Waals surface area (Å²) in [6.45, 7) is 2.80. The smallest absolute Gasteiger partial charge is 0.416 e. The zero-order valence-corrected chi connectivity index (χ0v) is 21.2. The highest BCUT2D eigenvalue weighted by Gasteiger charge is 2.32. The zero-order chi connectivity index (χ0) is 27.4. The highest BCUT2D eigenvalue weighted by atomic mass is 35.5. The molecule has 198 valence electrons. The van der Waals surface area contributed by atoms with Crippen molar-refractivity contribution >= 4 is 23.5 Å². The van der Waals surface area contributed by atoms with E-state index in [1.165, 1.54) is 23.8 Å². The lowest BCUT2D eigenvalue weighted by Gasteiger charge is -2.27. The van der Waals surface area contributed by atoms with Gasteiger partial charge in [0.15, 0.2) is 5.82 Å². The van der Waals surface area contributed by atoms with Crippen LogP contribution in [0.25, 0.3) is 11.4 Å². The Morgan fingerprint density at radius 1 is 1.08 bits per heavy atom. The molecule has 0 spiro atoms. The van der Waals surface area contributed by atoms with Crippen LogP contribution in [0.15, 0.2) is 53.3 Å². The summed E-state index contributed by atoms with van der Waals surface area (Å²) in [6.07, 6.45) is -4.14. The van der Waals surface area contributed by atoms with Crippen LogP contribution in [0, 0.1) is 0 Å². The molecule has 37 heavy (non-hydrogen) atoms. The molecule has 0 aliphatic heterocycles. The monoisotopic (exact) mass is 538 g/mol. The molecule has 0 atom stereocenters. The van der Waals surface area contributed by atoms with Crippen LogP contribution in [0.1, 0.15) is 37.8 Å². The molecule has 0 bridgehead atoms. The SMILES string of the molecule is COC(=O)CCCn1c(-c2ccc(Cl)cc2)nn(CC(=O)NC(C)(C)c2cccc(C(F)(F)F)c2)c1=O. The Morgan fingerprint density at radius 2 is 1.73 bits per heavy atom. The predicted octanol–water partition coefficient (Wildman–Crippen LogP) is 4.39. The first-order valence-electron chi connectivity index (χ1n) is 11.3. The summed E-state index contributed by atoms with van der Waals surface area (Å²) < 4.78 is 46.4. The number of nitrogens with one attached hydrogen (secondary N) is 1. The summed E-state index contributed by atoms with van der Waals surface area (Å²) in [5.41, 5.74) is -1.76. The van der Waals surface area contributed by atoms with Crippen molar-refractivity contribution in [2.24, 2.45) is 0 Å². The van der Waals surface area contributed by atoms with Gasteiger partial charge in [0.1, 0.15) is 6.54 Å². The first-order valence-corrected chi connectivity index (χ1v) is 11.7. The van der Waals surface area contributed by atoms with Crippen molar-refractivity contribution in [3.8, 4) is 11.4 Å². The van der Waals surface area contributed by atoms with Crippen LogP contribution < -0.4 is 11.0 Å². The number of alkyl halides is 3. The number of ether oxygens (including phenoxy) is 1. The highest BCUT2D eigenvalue weighted by molar-refractivity contribution is 6.30. The van der Waals surface area contributed by atoms with Crippen LogP contribution in [0.5, 0.6) is 0 Å². The second-order valence-corrected chi connectivity index (χ2v) is 9.29. The molecule has 0 saturated carbocycles. The van der Waals surface area contributed by atoms with Gasteiger partial charge in [0, 0.05) is 23.6 Å². The maximum atomic E-state index is 13.1. The molecule has 0 saturated heterocycles. The Balaban J connectivity index is 1.85. The molecule has 0 radical (unpaired) electrons. The van der Waals surface area contributed by atoms with Crippen LogP contribution >= 0.6 is 11.6 Å². The number of aromatic nitrogens is 3. The minimum absolute atomic E-state index is 0.0832.